The number of nitrogens with zero attached hydrogens (tertiary/aromatic N) is 2. The molecule has 0 atom stereocenters. The molecule has 4 nitrogen and oxygen atoms in total. The van der Waals surface area contributed by atoms with Gasteiger partial charge in [0.1, 0.15) is 4.88 Å². The van der Waals surface area contributed by atoms with E-state index in [-0.39, 0.29) is 5.91 Å². The van der Waals surface area contributed by atoms with Crippen molar-refractivity contribution in [1.29, 1.82) is 0 Å². The smallest absolute Gasteiger partial charge is 0.269 e. The molecule has 21 heavy (non-hydrogen) atoms. The Bertz CT molecular complexity index is 711. The molecule has 3 rings (SSSR count). The molecular formula is C15H13ClN2O2S. The van der Waals surface area contributed by atoms with Crippen molar-refractivity contribution in [3.8, 4) is 0 Å². The zero-order chi connectivity index (χ0) is 14.8. The summed E-state index contributed by atoms with van der Waals surface area (Å²) in [4.78, 5) is 15.0. The minimum atomic E-state index is -0.110. The van der Waals surface area contributed by atoms with Crippen LogP contribution in [0.1, 0.15) is 28.1 Å². The summed E-state index contributed by atoms with van der Waals surface area (Å²) in [6.07, 6.45) is 1.37. The third-order valence-electron chi connectivity index (χ3n) is 3.48. The second-order valence-electron chi connectivity index (χ2n) is 4.72. The van der Waals surface area contributed by atoms with Crippen LogP contribution in [0.3, 0.4) is 0 Å². The first-order valence-corrected chi connectivity index (χ1v) is 7.83. The van der Waals surface area contributed by atoms with Crippen molar-refractivity contribution < 1.29 is 10.0 Å². The van der Waals surface area contributed by atoms with Crippen molar-refractivity contribution in [2.75, 3.05) is 11.4 Å². The predicted molar refractivity (Wildman–Crippen MR) is 85.0 cm³/mol. The normalized spacial score (nSPS) is 16.6. The van der Waals surface area contributed by atoms with Crippen LogP contribution in [-0.4, -0.2) is 23.4 Å². The van der Waals surface area contributed by atoms with E-state index in [0.717, 1.165) is 17.7 Å². The van der Waals surface area contributed by atoms with Crippen molar-refractivity contribution in [3.05, 3.63) is 51.2 Å². The van der Waals surface area contributed by atoms with Crippen LogP contribution >= 0.6 is 22.9 Å². The van der Waals surface area contributed by atoms with Crippen molar-refractivity contribution in [2.24, 2.45) is 5.16 Å². The van der Waals surface area contributed by atoms with E-state index in [1.54, 1.807) is 16.3 Å². The quantitative estimate of drug-likeness (QED) is 0.637. The average Bonchev–Trinajstić information content (AvgIpc) is 2.84. The van der Waals surface area contributed by atoms with Crippen LogP contribution in [0.25, 0.3) is 0 Å². The second kappa shape index (κ2) is 5.87. The number of amides is 1. The Labute approximate surface area is 131 Å². The Balaban J connectivity index is 2.07. The van der Waals surface area contributed by atoms with E-state index in [1.165, 1.54) is 11.3 Å². The van der Waals surface area contributed by atoms with Crippen LogP contribution in [-0.2, 0) is 0 Å². The van der Waals surface area contributed by atoms with Crippen LogP contribution in [0.5, 0.6) is 0 Å². The van der Waals surface area contributed by atoms with E-state index in [2.05, 4.69) is 5.16 Å². The van der Waals surface area contributed by atoms with Gasteiger partial charge in [-0.2, -0.15) is 0 Å². The lowest BCUT2D eigenvalue weighted by Crippen LogP contribution is -2.31. The van der Waals surface area contributed by atoms with Crippen LogP contribution in [0.15, 0.2) is 40.9 Å². The monoisotopic (exact) mass is 320 g/mol. The summed E-state index contributed by atoms with van der Waals surface area (Å²) in [7, 11) is 0. The third kappa shape index (κ3) is 2.54. The molecule has 0 saturated carbocycles. The molecule has 2 heterocycles. The molecular weight excluding hydrogens is 308 g/mol. The van der Waals surface area contributed by atoms with Gasteiger partial charge in [0, 0.05) is 12.1 Å². The summed E-state index contributed by atoms with van der Waals surface area (Å²) in [5.41, 5.74) is 2.16. The van der Waals surface area contributed by atoms with Gasteiger partial charge < -0.3 is 10.1 Å². The lowest BCUT2D eigenvalue weighted by molar-refractivity contribution is 0.0991. The summed E-state index contributed by atoms with van der Waals surface area (Å²) < 4.78 is 0. The third-order valence-corrected chi connectivity index (χ3v) is 4.81. The second-order valence-corrected chi connectivity index (χ2v) is 6.05. The van der Waals surface area contributed by atoms with E-state index >= 15 is 0 Å². The van der Waals surface area contributed by atoms with Gasteiger partial charge in [0.05, 0.1) is 16.4 Å². The van der Waals surface area contributed by atoms with Gasteiger partial charge in [0.2, 0.25) is 0 Å². The standard InChI is InChI=1S/C15H13ClN2O2S/c16-11-7-9-21-14(11)15(19)18-8-3-5-12(17-20)10-4-1-2-6-13(10)18/h1-2,4,6-7,9,20H,3,5,8H2/b17-12-. The Hall–Kier alpha value is -1.85. The molecule has 0 spiro atoms. The summed E-state index contributed by atoms with van der Waals surface area (Å²) in [5.74, 6) is -0.110. The number of benzene rings is 1. The van der Waals surface area contributed by atoms with Gasteiger partial charge in [-0.3, -0.25) is 4.79 Å². The van der Waals surface area contributed by atoms with Crippen molar-refractivity contribution >= 4 is 40.2 Å². The van der Waals surface area contributed by atoms with Crippen molar-refractivity contribution in [1.82, 2.24) is 0 Å². The minimum Gasteiger partial charge on any atom is -0.411 e. The number of carbonyl (C=O) groups excluding carboxylic acids is 1. The molecule has 1 aliphatic rings. The summed E-state index contributed by atoms with van der Waals surface area (Å²) in [6.45, 7) is 0.573. The lowest BCUT2D eigenvalue weighted by atomic mass is 10.1. The molecule has 0 aliphatic carbocycles. The van der Waals surface area contributed by atoms with E-state index in [4.69, 9.17) is 11.6 Å². The Morgan fingerprint density at radius 3 is 2.86 bits per heavy atom. The molecule has 0 radical (unpaired) electrons. The molecule has 2 aromatic rings. The fourth-order valence-corrected chi connectivity index (χ4v) is 3.58. The van der Waals surface area contributed by atoms with Crippen molar-refractivity contribution in [2.45, 2.75) is 12.8 Å². The first kappa shape index (κ1) is 14.1. The van der Waals surface area contributed by atoms with Gasteiger partial charge in [0.15, 0.2) is 0 Å². The zero-order valence-corrected chi connectivity index (χ0v) is 12.7. The highest BCUT2D eigenvalue weighted by Gasteiger charge is 2.26. The lowest BCUT2D eigenvalue weighted by Gasteiger charge is -2.22. The average molecular weight is 321 g/mol. The zero-order valence-electron chi connectivity index (χ0n) is 11.1. The highest BCUT2D eigenvalue weighted by atomic mass is 35.5. The maximum atomic E-state index is 12.7. The SMILES string of the molecule is O=C(c1sccc1Cl)N1CCC/C(=N/O)c2ccccc21. The molecule has 0 saturated heterocycles. The van der Waals surface area contributed by atoms with Crippen molar-refractivity contribution in [3.63, 3.8) is 0 Å². The molecule has 1 aromatic carbocycles. The van der Waals surface area contributed by atoms with Crippen LogP contribution in [0.4, 0.5) is 5.69 Å². The number of thiophene rings is 1. The Morgan fingerprint density at radius 1 is 1.33 bits per heavy atom. The van der Waals surface area contributed by atoms with Gasteiger partial charge in [-0.05, 0) is 30.4 Å². The maximum Gasteiger partial charge on any atom is 0.269 e. The summed E-state index contributed by atoms with van der Waals surface area (Å²) in [6, 6.07) is 9.20. The number of hydrogen-bond acceptors (Lipinski definition) is 4. The number of anilines is 1. The number of rotatable bonds is 1. The molecule has 1 N–H and O–H groups in total. The molecule has 0 unspecified atom stereocenters. The highest BCUT2D eigenvalue weighted by molar-refractivity contribution is 7.12. The maximum absolute atomic E-state index is 12.7. The first-order chi connectivity index (χ1) is 10.2. The number of carbonyl (C=O) groups is 1. The molecule has 108 valence electrons. The number of halogens is 1. The number of fused-ring (bicyclic) bond motifs is 1. The summed E-state index contributed by atoms with van der Waals surface area (Å²) >= 11 is 7.41. The first-order valence-electron chi connectivity index (χ1n) is 6.57. The fraction of sp³-hybridized carbons (Fsp3) is 0.200. The van der Waals surface area contributed by atoms with Gasteiger partial charge in [-0.25, -0.2) is 0 Å². The number of para-hydroxylation sites is 1. The topological polar surface area (TPSA) is 52.9 Å². The molecule has 1 aromatic heterocycles. The van der Waals surface area contributed by atoms with E-state index in [9.17, 15) is 10.0 Å². The van der Waals surface area contributed by atoms with E-state index in [1.807, 2.05) is 24.3 Å². The van der Waals surface area contributed by atoms with Crippen LogP contribution < -0.4 is 4.90 Å². The molecule has 1 aliphatic heterocycles. The number of hydrogen-bond donors (Lipinski definition) is 1. The molecule has 0 fully saturated rings. The minimum absolute atomic E-state index is 0.110. The van der Waals surface area contributed by atoms with Gasteiger partial charge in [-0.15, -0.1) is 11.3 Å². The van der Waals surface area contributed by atoms with Gasteiger partial charge in [-0.1, -0.05) is 35.0 Å². The van der Waals surface area contributed by atoms with Crippen LogP contribution in [0, 0.1) is 0 Å². The van der Waals surface area contributed by atoms with E-state index in [0.29, 0.717) is 28.6 Å². The fourth-order valence-electron chi connectivity index (χ4n) is 2.50. The Morgan fingerprint density at radius 2 is 2.14 bits per heavy atom. The largest absolute Gasteiger partial charge is 0.411 e. The molecule has 6 heteroatoms. The predicted octanol–water partition coefficient (Wildman–Crippen LogP) is 4.02. The van der Waals surface area contributed by atoms with Crippen LogP contribution in [0.2, 0.25) is 5.02 Å². The Kier molecular flexibility index (Phi) is 3.94. The van der Waals surface area contributed by atoms with Gasteiger partial charge >= 0.3 is 0 Å². The molecule has 0 bridgehead atoms. The van der Waals surface area contributed by atoms with E-state index < -0.39 is 0 Å². The molecule has 1 amide bonds. The number of oxime groups is 1. The van der Waals surface area contributed by atoms with Gasteiger partial charge in [0.25, 0.3) is 5.91 Å². The summed E-state index contributed by atoms with van der Waals surface area (Å²) in [5, 5.41) is 14.8. The highest BCUT2D eigenvalue weighted by Crippen LogP contribution is 2.31.